The van der Waals surface area contributed by atoms with Gasteiger partial charge >= 0.3 is 0 Å². The minimum Gasteiger partial charge on any atom is -0.299 e. The Hall–Kier alpha value is -0.330. The van der Waals surface area contributed by atoms with E-state index in [1.54, 1.807) is 0 Å². The molecule has 1 fully saturated rings. The van der Waals surface area contributed by atoms with E-state index in [0.29, 0.717) is 17.6 Å². The van der Waals surface area contributed by atoms with Crippen molar-refractivity contribution in [3.8, 4) is 0 Å². The van der Waals surface area contributed by atoms with Crippen LogP contribution in [0.4, 0.5) is 0 Å². The first-order valence-electron chi connectivity index (χ1n) is 6.62. The number of hydrogen-bond donors (Lipinski definition) is 0. The number of Topliss-reactive ketones (excluding diaryl/α,β-unsaturated/α-hetero) is 1. The van der Waals surface area contributed by atoms with Gasteiger partial charge in [-0.05, 0) is 36.5 Å². The Balaban J connectivity index is 2.55. The van der Waals surface area contributed by atoms with E-state index < -0.39 is 0 Å². The summed E-state index contributed by atoms with van der Waals surface area (Å²) in [4.78, 5) is 12.3. The van der Waals surface area contributed by atoms with Gasteiger partial charge < -0.3 is 0 Å². The van der Waals surface area contributed by atoms with Crippen molar-refractivity contribution >= 4 is 5.78 Å². The second-order valence-electron chi connectivity index (χ2n) is 7.90. The predicted octanol–water partition coefficient (Wildman–Crippen LogP) is 4.45. The van der Waals surface area contributed by atoms with Crippen LogP contribution in [-0.4, -0.2) is 5.78 Å². The van der Waals surface area contributed by atoms with Crippen molar-refractivity contribution in [2.75, 3.05) is 0 Å². The predicted molar refractivity (Wildman–Crippen MR) is 69.4 cm³/mol. The fourth-order valence-corrected chi connectivity index (χ4v) is 2.90. The van der Waals surface area contributed by atoms with Gasteiger partial charge in [0.1, 0.15) is 5.78 Å². The number of ketones is 1. The van der Waals surface area contributed by atoms with Gasteiger partial charge in [0.25, 0.3) is 0 Å². The summed E-state index contributed by atoms with van der Waals surface area (Å²) >= 11 is 0. The molecule has 1 aliphatic carbocycles. The summed E-state index contributed by atoms with van der Waals surface area (Å²) in [5, 5.41) is 0. The third kappa shape index (κ3) is 4.27. The van der Waals surface area contributed by atoms with Gasteiger partial charge in [0.05, 0.1) is 0 Å². The number of carbonyl (C=O) groups is 1. The standard InChI is InChI=1S/C15H28O/c1-14(2,3)9-11-7-8-12(13(11)16)10-15(4,5)6/h11-12H,7-10H2,1-6H3. The zero-order valence-corrected chi connectivity index (χ0v) is 11.9. The first-order chi connectivity index (χ1) is 7.08. The van der Waals surface area contributed by atoms with Gasteiger partial charge in [-0.2, -0.15) is 0 Å². The SMILES string of the molecule is CC(C)(C)CC1CCC(CC(C)(C)C)C1=O. The zero-order chi connectivity index (χ0) is 12.6. The van der Waals surface area contributed by atoms with Gasteiger partial charge in [-0.15, -0.1) is 0 Å². The molecule has 1 rings (SSSR count). The van der Waals surface area contributed by atoms with Crippen LogP contribution in [0.1, 0.15) is 67.2 Å². The highest BCUT2D eigenvalue weighted by molar-refractivity contribution is 5.85. The van der Waals surface area contributed by atoms with E-state index in [1.807, 2.05) is 0 Å². The maximum Gasteiger partial charge on any atom is 0.139 e. The Morgan fingerprint density at radius 1 is 0.875 bits per heavy atom. The summed E-state index contributed by atoms with van der Waals surface area (Å²) in [5.41, 5.74) is 0.577. The maximum atomic E-state index is 12.3. The molecule has 0 aromatic carbocycles. The molecule has 0 spiro atoms. The molecule has 0 N–H and O–H groups in total. The molecule has 1 heteroatoms. The van der Waals surface area contributed by atoms with Crippen molar-refractivity contribution in [1.82, 2.24) is 0 Å². The Morgan fingerprint density at radius 3 is 1.44 bits per heavy atom. The van der Waals surface area contributed by atoms with Crippen LogP contribution in [0, 0.1) is 22.7 Å². The van der Waals surface area contributed by atoms with Gasteiger partial charge in [-0.25, -0.2) is 0 Å². The molecular formula is C15H28O. The van der Waals surface area contributed by atoms with Crippen molar-refractivity contribution < 1.29 is 4.79 Å². The average Bonchev–Trinajstić information content (AvgIpc) is 2.30. The second kappa shape index (κ2) is 4.50. The summed E-state index contributed by atoms with van der Waals surface area (Å²) in [5.74, 6) is 1.23. The molecule has 1 saturated carbocycles. The summed E-state index contributed by atoms with van der Waals surface area (Å²) in [6, 6.07) is 0. The fraction of sp³-hybridized carbons (Fsp3) is 0.933. The molecule has 16 heavy (non-hydrogen) atoms. The molecule has 0 aliphatic heterocycles. The Bertz CT molecular complexity index is 226. The van der Waals surface area contributed by atoms with Crippen molar-refractivity contribution in [1.29, 1.82) is 0 Å². The summed E-state index contributed by atoms with van der Waals surface area (Å²) in [7, 11) is 0. The summed E-state index contributed by atoms with van der Waals surface area (Å²) in [6.45, 7) is 13.4. The molecule has 94 valence electrons. The third-order valence-electron chi connectivity index (χ3n) is 3.39. The van der Waals surface area contributed by atoms with E-state index in [2.05, 4.69) is 41.5 Å². The first kappa shape index (κ1) is 13.7. The highest BCUT2D eigenvalue weighted by Crippen LogP contribution is 2.40. The molecule has 0 amide bonds. The van der Waals surface area contributed by atoms with Crippen LogP contribution in [0.15, 0.2) is 0 Å². The van der Waals surface area contributed by atoms with E-state index >= 15 is 0 Å². The molecule has 2 atom stereocenters. The smallest absolute Gasteiger partial charge is 0.139 e. The zero-order valence-electron chi connectivity index (χ0n) is 11.9. The van der Waals surface area contributed by atoms with E-state index in [1.165, 1.54) is 0 Å². The number of rotatable bonds is 2. The van der Waals surface area contributed by atoms with E-state index in [4.69, 9.17) is 0 Å². The Morgan fingerprint density at radius 2 is 1.19 bits per heavy atom. The van der Waals surface area contributed by atoms with Crippen LogP contribution in [0.3, 0.4) is 0 Å². The molecule has 1 nitrogen and oxygen atoms in total. The van der Waals surface area contributed by atoms with E-state index in [0.717, 1.165) is 25.7 Å². The minimum atomic E-state index is 0.289. The van der Waals surface area contributed by atoms with Crippen molar-refractivity contribution in [3.05, 3.63) is 0 Å². The Kier molecular flexibility index (Phi) is 3.87. The molecule has 0 bridgehead atoms. The van der Waals surface area contributed by atoms with E-state index in [-0.39, 0.29) is 10.8 Å². The maximum absolute atomic E-state index is 12.3. The molecule has 0 radical (unpaired) electrons. The van der Waals surface area contributed by atoms with Crippen LogP contribution >= 0.6 is 0 Å². The topological polar surface area (TPSA) is 17.1 Å². The highest BCUT2D eigenvalue weighted by Gasteiger charge is 2.37. The molecular weight excluding hydrogens is 196 g/mol. The lowest BCUT2D eigenvalue weighted by Gasteiger charge is -2.24. The number of hydrogen-bond acceptors (Lipinski definition) is 1. The molecule has 0 saturated heterocycles. The lowest BCUT2D eigenvalue weighted by Crippen LogP contribution is -2.22. The van der Waals surface area contributed by atoms with Crippen molar-refractivity contribution in [3.63, 3.8) is 0 Å². The molecule has 0 aromatic heterocycles. The number of carbonyl (C=O) groups excluding carboxylic acids is 1. The molecule has 1 aliphatic rings. The average molecular weight is 224 g/mol. The van der Waals surface area contributed by atoms with Crippen LogP contribution < -0.4 is 0 Å². The molecule has 2 unspecified atom stereocenters. The normalized spacial score (nSPS) is 27.5. The van der Waals surface area contributed by atoms with Crippen LogP contribution in [0.2, 0.25) is 0 Å². The van der Waals surface area contributed by atoms with Gasteiger partial charge in [0.15, 0.2) is 0 Å². The lowest BCUT2D eigenvalue weighted by molar-refractivity contribution is -0.125. The van der Waals surface area contributed by atoms with Gasteiger partial charge in [-0.3, -0.25) is 4.79 Å². The van der Waals surface area contributed by atoms with Gasteiger partial charge in [0, 0.05) is 11.8 Å². The third-order valence-corrected chi connectivity index (χ3v) is 3.39. The summed E-state index contributed by atoms with van der Waals surface area (Å²) in [6.07, 6.45) is 4.37. The largest absolute Gasteiger partial charge is 0.299 e. The van der Waals surface area contributed by atoms with Crippen molar-refractivity contribution in [2.45, 2.75) is 67.2 Å². The minimum absolute atomic E-state index is 0.289. The molecule has 0 aromatic rings. The quantitative estimate of drug-likeness (QED) is 0.677. The molecule has 0 heterocycles. The van der Waals surface area contributed by atoms with Crippen LogP contribution in [-0.2, 0) is 4.79 Å². The first-order valence-corrected chi connectivity index (χ1v) is 6.62. The van der Waals surface area contributed by atoms with Crippen molar-refractivity contribution in [2.24, 2.45) is 22.7 Å². The summed E-state index contributed by atoms with van der Waals surface area (Å²) < 4.78 is 0. The van der Waals surface area contributed by atoms with Gasteiger partial charge in [-0.1, -0.05) is 41.5 Å². The van der Waals surface area contributed by atoms with Crippen LogP contribution in [0.5, 0.6) is 0 Å². The highest BCUT2D eigenvalue weighted by atomic mass is 16.1. The monoisotopic (exact) mass is 224 g/mol. The second-order valence-corrected chi connectivity index (χ2v) is 7.90. The van der Waals surface area contributed by atoms with E-state index in [9.17, 15) is 4.79 Å². The van der Waals surface area contributed by atoms with Gasteiger partial charge in [0.2, 0.25) is 0 Å². The Labute approximate surface area is 101 Å². The lowest BCUT2D eigenvalue weighted by atomic mass is 9.80. The van der Waals surface area contributed by atoms with Crippen LogP contribution in [0.25, 0.3) is 0 Å². The fourth-order valence-electron chi connectivity index (χ4n) is 2.90.